The molecule has 0 saturated heterocycles. The molecule has 158 valence electrons. The Hall–Kier alpha value is -3.13. The maximum atomic E-state index is 13.7. The van der Waals surface area contributed by atoms with Crippen molar-refractivity contribution in [2.24, 2.45) is 5.92 Å². The van der Waals surface area contributed by atoms with E-state index in [2.05, 4.69) is 28.3 Å². The normalized spacial score (nSPS) is 20.6. The first-order valence-corrected chi connectivity index (χ1v) is 11.3. The number of allylic oxidation sites excluding steroid dienone is 4. The summed E-state index contributed by atoms with van der Waals surface area (Å²) in [4.78, 5) is 17.6. The van der Waals surface area contributed by atoms with E-state index in [1.807, 2.05) is 29.2 Å². The van der Waals surface area contributed by atoms with E-state index in [0.29, 0.717) is 24.5 Å². The van der Waals surface area contributed by atoms with Crippen LogP contribution in [0.5, 0.6) is 5.75 Å². The molecule has 1 N–H and O–H groups in total. The van der Waals surface area contributed by atoms with Crippen LogP contribution in [0.1, 0.15) is 23.9 Å². The van der Waals surface area contributed by atoms with E-state index in [1.165, 1.54) is 6.08 Å². The summed E-state index contributed by atoms with van der Waals surface area (Å²) in [5.74, 6) is -0.0953. The van der Waals surface area contributed by atoms with Crippen molar-refractivity contribution in [3.05, 3.63) is 82.7 Å². The van der Waals surface area contributed by atoms with Gasteiger partial charge in [0.05, 0.1) is 12.2 Å². The first kappa shape index (κ1) is 19.8. The lowest BCUT2D eigenvalue weighted by Crippen LogP contribution is -2.34. The number of aromatic nitrogens is 4. The van der Waals surface area contributed by atoms with Crippen molar-refractivity contribution in [1.29, 1.82) is 0 Å². The zero-order chi connectivity index (χ0) is 21.5. The molecule has 3 atom stereocenters. The molecule has 1 aromatic carbocycles. The number of halogens is 1. The van der Waals surface area contributed by atoms with Crippen LogP contribution in [0.15, 0.2) is 76.6 Å². The molecular weight excluding hydrogens is 415 g/mol. The lowest BCUT2D eigenvalue weighted by molar-refractivity contribution is 0.270. The molecule has 5 rings (SSSR count). The van der Waals surface area contributed by atoms with Crippen LogP contribution >= 0.6 is 11.8 Å². The largest absolute Gasteiger partial charge is 0.503 e. The molecule has 0 bridgehead atoms. The van der Waals surface area contributed by atoms with Crippen LogP contribution in [-0.4, -0.2) is 30.7 Å². The Labute approximate surface area is 182 Å². The molecule has 1 aliphatic carbocycles. The molecule has 6 nitrogen and oxygen atoms in total. The molecule has 31 heavy (non-hydrogen) atoms. The van der Waals surface area contributed by atoms with Crippen molar-refractivity contribution in [3.8, 4) is 17.3 Å². The van der Waals surface area contributed by atoms with E-state index >= 15 is 0 Å². The molecule has 1 unspecified atom stereocenters. The third-order valence-electron chi connectivity index (χ3n) is 6.05. The molecule has 0 fully saturated rings. The highest BCUT2D eigenvalue weighted by atomic mass is 32.2. The molecule has 0 radical (unpaired) electrons. The Kier molecular flexibility index (Phi) is 5.02. The number of imidazole rings is 1. The quantitative estimate of drug-likeness (QED) is 0.618. The van der Waals surface area contributed by atoms with Gasteiger partial charge in [0.15, 0.2) is 11.6 Å². The average Bonchev–Trinajstić information content (AvgIpc) is 3.26. The van der Waals surface area contributed by atoms with Crippen LogP contribution in [-0.2, 0) is 6.54 Å². The Morgan fingerprint density at radius 3 is 3.00 bits per heavy atom. The molecule has 0 amide bonds. The van der Waals surface area contributed by atoms with Crippen LogP contribution in [0, 0.1) is 5.92 Å². The van der Waals surface area contributed by atoms with Crippen LogP contribution in [0.3, 0.4) is 0 Å². The number of fused-ring (bicyclic) bond motifs is 3. The van der Waals surface area contributed by atoms with Crippen LogP contribution in [0.2, 0.25) is 0 Å². The summed E-state index contributed by atoms with van der Waals surface area (Å²) in [5, 5.41) is 15.0. The zero-order valence-electron chi connectivity index (χ0n) is 16.9. The Morgan fingerprint density at radius 2 is 2.23 bits per heavy atom. The second-order valence-corrected chi connectivity index (χ2v) is 8.65. The average molecular weight is 437 g/mol. The predicted octanol–water partition coefficient (Wildman–Crippen LogP) is 4.30. The molecule has 1 aliphatic heterocycles. The van der Waals surface area contributed by atoms with Crippen LogP contribution < -0.4 is 5.43 Å². The van der Waals surface area contributed by atoms with Crippen LogP contribution in [0.4, 0.5) is 4.39 Å². The second kappa shape index (κ2) is 7.85. The maximum Gasteiger partial charge on any atom is 0.242 e. The van der Waals surface area contributed by atoms with Gasteiger partial charge in [-0.2, -0.15) is 5.10 Å². The number of aromatic hydroxyl groups is 1. The third-order valence-corrected chi connectivity index (χ3v) is 6.78. The molecule has 2 aliphatic rings. The van der Waals surface area contributed by atoms with E-state index < -0.39 is 5.43 Å². The monoisotopic (exact) mass is 436 g/mol. The van der Waals surface area contributed by atoms with Gasteiger partial charge in [-0.15, -0.1) is 11.8 Å². The van der Waals surface area contributed by atoms with E-state index in [-0.39, 0.29) is 29.5 Å². The minimum Gasteiger partial charge on any atom is -0.503 e. The predicted molar refractivity (Wildman–Crippen MR) is 118 cm³/mol. The minimum atomic E-state index is -0.537. The van der Waals surface area contributed by atoms with E-state index in [0.717, 1.165) is 16.7 Å². The number of hydrogen-bond acceptors (Lipinski definition) is 5. The van der Waals surface area contributed by atoms with Gasteiger partial charge in [-0.05, 0) is 48.4 Å². The third kappa shape index (κ3) is 3.40. The Morgan fingerprint density at radius 1 is 1.35 bits per heavy atom. The van der Waals surface area contributed by atoms with Crippen molar-refractivity contribution in [2.75, 3.05) is 6.26 Å². The summed E-state index contributed by atoms with van der Waals surface area (Å²) in [6.07, 6.45) is 12.3. The summed E-state index contributed by atoms with van der Waals surface area (Å²) in [5.41, 5.74) is 0.892. The van der Waals surface area contributed by atoms with Gasteiger partial charge in [0, 0.05) is 29.8 Å². The van der Waals surface area contributed by atoms with Crippen molar-refractivity contribution in [3.63, 3.8) is 0 Å². The summed E-state index contributed by atoms with van der Waals surface area (Å²) in [6.45, 7) is 0.572. The lowest BCUT2D eigenvalue weighted by Gasteiger charge is -2.38. The van der Waals surface area contributed by atoms with Gasteiger partial charge in [0.2, 0.25) is 5.43 Å². The molecular formula is C23H21FN4O2S. The molecule has 8 heteroatoms. The molecule has 2 aromatic heterocycles. The zero-order valence-corrected chi connectivity index (χ0v) is 17.7. The standard InChI is InChI=1S/C23H21FN4O2S/c1-31-17-4-2-3-15(11-17)20(14-5-7-16(24)8-6-14)18-13-27-10-9-25-23(27)21-22(30)19(29)12-26-28(18)21/h2-5,7-12,14,18,20,30H,6,13H2,1H3/t14?,18-,20+/m1/s1. The van der Waals surface area contributed by atoms with Gasteiger partial charge in [-0.25, -0.2) is 9.37 Å². The number of hydrogen-bond donors (Lipinski definition) is 1. The highest BCUT2D eigenvalue weighted by Gasteiger charge is 2.38. The van der Waals surface area contributed by atoms with Crippen molar-refractivity contribution in [2.45, 2.75) is 29.8 Å². The van der Waals surface area contributed by atoms with Gasteiger partial charge >= 0.3 is 0 Å². The number of nitrogens with zero attached hydrogens (tertiary/aromatic N) is 4. The summed E-state index contributed by atoms with van der Waals surface area (Å²) in [6, 6.07) is 8.12. The Balaban J connectivity index is 1.69. The first-order valence-electron chi connectivity index (χ1n) is 10.1. The van der Waals surface area contributed by atoms with Crippen LogP contribution in [0.25, 0.3) is 11.5 Å². The number of thioether (sulfide) groups is 1. The summed E-state index contributed by atoms with van der Waals surface area (Å²) < 4.78 is 17.4. The Bertz CT molecular complexity index is 1260. The highest BCUT2D eigenvalue weighted by Crippen LogP contribution is 2.45. The fraction of sp³-hybridized carbons (Fsp3) is 0.261. The number of benzene rings is 1. The molecule has 0 saturated carbocycles. The molecule has 3 aromatic rings. The first-order chi connectivity index (χ1) is 15.1. The lowest BCUT2D eigenvalue weighted by atomic mass is 9.77. The number of rotatable bonds is 4. The summed E-state index contributed by atoms with van der Waals surface area (Å²) in [7, 11) is 0. The second-order valence-electron chi connectivity index (χ2n) is 7.77. The molecule has 3 heterocycles. The van der Waals surface area contributed by atoms with Crippen molar-refractivity contribution in [1.82, 2.24) is 19.3 Å². The maximum absolute atomic E-state index is 13.7. The van der Waals surface area contributed by atoms with E-state index in [1.54, 1.807) is 28.7 Å². The van der Waals surface area contributed by atoms with Gasteiger partial charge in [0.1, 0.15) is 11.5 Å². The topological polar surface area (TPSA) is 72.9 Å². The van der Waals surface area contributed by atoms with Crippen molar-refractivity contribution >= 4 is 11.8 Å². The van der Waals surface area contributed by atoms with Gasteiger partial charge in [0.25, 0.3) is 0 Å². The smallest absolute Gasteiger partial charge is 0.242 e. The highest BCUT2D eigenvalue weighted by molar-refractivity contribution is 7.98. The molecule has 0 spiro atoms. The fourth-order valence-corrected chi connectivity index (χ4v) is 5.09. The van der Waals surface area contributed by atoms with Gasteiger partial charge < -0.3 is 9.67 Å². The van der Waals surface area contributed by atoms with E-state index in [9.17, 15) is 14.3 Å². The minimum absolute atomic E-state index is 0.0305. The van der Waals surface area contributed by atoms with E-state index in [4.69, 9.17) is 0 Å². The van der Waals surface area contributed by atoms with Gasteiger partial charge in [-0.3, -0.25) is 9.48 Å². The van der Waals surface area contributed by atoms with Crippen molar-refractivity contribution < 1.29 is 9.50 Å². The summed E-state index contributed by atoms with van der Waals surface area (Å²) >= 11 is 1.67. The van der Waals surface area contributed by atoms with Gasteiger partial charge in [-0.1, -0.05) is 18.2 Å². The fourth-order valence-electron chi connectivity index (χ4n) is 4.62. The SMILES string of the molecule is CSc1cccc([C@H](C2C=CC(F)=CC2)[C@H]2Cn3ccnc3-c3c(O)c(=O)cnn32)c1.